The molecule has 0 saturated heterocycles. The SMILES string of the molecule is CCc1c(N)cnc2cc(-c3ccccc3)nn12. The van der Waals surface area contributed by atoms with Gasteiger partial charge in [0.1, 0.15) is 0 Å². The number of hydrogen-bond donors (Lipinski definition) is 1. The van der Waals surface area contributed by atoms with Crippen molar-refractivity contribution in [1.29, 1.82) is 0 Å². The quantitative estimate of drug-likeness (QED) is 0.746. The highest BCUT2D eigenvalue weighted by Crippen LogP contribution is 2.21. The molecule has 4 heteroatoms. The third-order valence-corrected chi connectivity index (χ3v) is 3.02. The molecule has 0 bridgehead atoms. The molecule has 0 saturated carbocycles. The van der Waals surface area contributed by atoms with Gasteiger partial charge in [0.15, 0.2) is 5.65 Å². The molecule has 2 heterocycles. The monoisotopic (exact) mass is 238 g/mol. The molecule has 0 radical (unpaired) electrons. The Bertz CT molecular complexity index is 686. The molecule has 3 aromatic rings. The molecule has 0 unspecified atom stereocenters. The average molecular weight is 238 g/mol. The van der Waals surface area contributed by atoms with Crippen molar-refractivity contribution in [3.8, 4) is 11.3 Å². The van der Waals surface area contributed by atoms with Gasteiger partial charge in [-0.1, -0.05) is 37.3 Å². The molecule has 18 heavy (non-hydrogen) atoms. The maximum absolute atomic E-state index is 5.92. The lowest BCUT2D eigenvalue weighted by Crippen LogP contribution is -2.04. The molecule has 0 aliphatic heterocycles. The summed E-state index contributed by atoms with van der Waals surface area (Å²) in [6.45, 7) is 2.06. The highest BCUT2D eigenvalue weighted by atomic mass is 15.3. The third kappa shape index (κ3) is 1.62. The molecule has 3 rings (SSSR count). The molecule has 4 nitrogen and oxygen atoms in total. The van der Waals surface area contributed by atoms with Crippen molar-refractivity contribution in [1.82, 2.24) is 14.6 Å². The topological polar surface area (TPSA) is 56.2 Å². The van der Waals surface area contributed by atoms with Crippen LogP contribution in [0.2, 0.25) is 0 Å². The van der Waals surface area contributed by atoms with Gasteiger partial charge in [-0.3, -0.25) is 0 Å². The molecule has 2 N–H and O–H groups in total. The number of aromatic nitrogens is 3. The van der Waals surface area contributed by atoms with Crippen LogP contribution in [0.4, 0.5) is 5.69 Å². The molecular formula is C14H14N4. The number of hydrogen-bond acceptors (Lipinski definition) is 3. The van der Waals surface area contributed by atoms with E-state index in [-0.39, 0.29) is 0 Å². The van der Waals surface area contributed by atoms with Gasteiger partial charge in [0, 0.05) is 11.6 Å². The average Bonchev–Trinajstić information content (AvgIpc) is 2.84. The summed E-state index contributed by atoms with van der Waals surface area (Å²) in [4.78, 5) is 4.31. The first kappa shape index (κ1) is 10.8. The largest absolute Gasteiger partial charge is 0.396 e. The second kappa shape index (κ2) is 4.14. The maximum atomic E-state index is 5.92. The van der Waals surface area contributed by atoms with Crippen LogP contribution in [0.5, 0.6) is 0 Å². The first-order chi connectivity index (χ1) is 8.79. The lowest BCUT2D eigenvalue weighted by atomic mass is 10.2. The lowest BCUT2D eigenvalue weighted by Gasteiger charge is -2.04. The van der Waals surface area contributed by atoms with Crippen molar-refractivity contribution in [2.75, 3.05) is 5.73 Å². The van der Waals surface area contributed by atoms with Gasteiger partial charge >= 0.3 is 0 Å². The minimum Gasteiger partial charge on any atom is -0.396 e. The second-order valence-corrected chi connectivity index (χ2v) is 4.18. The number of nitrogens with two attached hydrogens (primary N) is 1. The predicted molar refractivity (Wildman–Crippen MR) is 72.2 cm³/mol. The number of rotatable bonds is 2. The fourth-order valence-electron chi connectivity index (χ4n) is 2.10. The van der Waals surface area contributed by atoms with Gasteiger partial charge in [-0.15, -0.1) is 0 Å². The Morgan fingerprint density at radius 2 is 2.00 bits per heavy atom. The van der Waals surface area contributed by atoms with Crippen LogP contribution in [0, 0.1) is 0 Å². The Labute approximate surface area is 105 Å². The number of aryl methyl sites for hydroxylation is 1. The molecule has 90 valence electrons. The van der Waals surface area contributed by atoms with E-state index in [1.807, 2.05) is 40.9 Å². The smallest absolute Gasteiger partial charge is 0.156 e. The van der Waals surface area contributed by atoms with E-state index in [1.54, 1.807) is 6.20 Å². The van der Waals surface area contributed by atoms with Crippen LogP contribution in [-0.2, 0) is 6.42 Å². The minimum atomic E-state index is 0.688. The zero-order valence-electron chi connectivity index (χ0n) is 10.2. The van der Waals surface area contributed by atoms with Crippen LogP contribution in [0.15, 0.2) is 42.6 Å². The Hall–Kier alpha value is -2.36. The highest BCUT2D eigenvalue weighted by Gasteiger charge is 2.09. The molecule has 0 atom stereocenters. The van der Waals surface area contributed by atoms with Gasteiger partial charge in [0.05, 0.1) is 23.3 Å². The van der Waals surface area contributed by atoms with Crippen molar-refractivity contribution in [3.63, 3.8) is 0 Å². The second-order valence-electron chi connectivity index (χ2n) is 4.18. The molecule has 0 aliphatic carbocycles. The van der Waals surface area contributed by atoms with E-state index in [1.165, 1.54) is 0 Å². The summed E-state index contributed by atoms with van der Waals surface area (Å²) in [5.41, 5.74) is 10.5. The number of nitrogen functional groups attached to an aromatic ring is 1. The molecule has 0 aliphatic rings. The third-order valence-electron chi connectivity index (χ3n) is 3.02. The Balaban J connectivity index is 2.23. The molecule has 0 spiro atoms. The van der Waals surface area contributed by atoms with Gasteiger partial charge in [-0.2, -0.15) is 5.10 Å². The van der Waals surface area contributed by atoms with Crippen molar-refractivity contribution >= 4 is 11.3 Å². The number of anilines is 1. The summed E-state index contributed by atoms with van der Waals surface area (Å²) >= 11 is 0. The molecular weight excluding hydrogens is 224 g/mol. The summed E-state index contributed by atoms with van der Waals surface area (Å²) in [5.74, 6) is 0. The van der Waals surface area contributed by atoms with Crippen molar-refractivity contribution in [3.05, 3.63) is 48.3 Å². The van der Waals surface area contributed by atoms with Crippen molar-refractivity contribution < 1.29 is 0 Å². The number of fused-ring (bicyclic) bond motifs is 1. The van der Waals surface area contributed by atoms with Crippen LogP contribution in [0.1, 0.15) is 12.6 Å². The summed E-state index contributed by atoms with van der Waals surface area (Å²) in [7, 11) is 0. The number of nitrogens with zero attached hydrogens (tertiary/aromatic N) is 3. The van der Waals surface area contributed by atoms with Gasteiger partial charge in [-0.05, 0) is 6.42 Å². The van der Waals surface area contributed by atoms with Crippen LogP contribution in [0.3, 0.4) is 0 Å². The molecule has 0 amide bonds. The Morgan fingerprint density at radius 3 is 2.72 bits per heavy atom. The first-order valence-corrected chi connectivity index (χ1v) is 5.98. The van der Waals surface area contributed by atoms with Gasteiger partial charge in [0.2, 0.25) is 0 Å². The zero-order valence-corrected chi connectivity index (χ0v) is 10.2. The van der Waals surface area contributed by atoms with E-state index < -0.39 is 0 Å². The predicted octanol–water partition coefficient (Wildman–Crippen LogP) is 2.54. The lowest BCUT2D eigenvalue weighted by molar-refractivity contribution is 0.857. The first-order valence-electron chi connectivity index (χ1n) is 5.98. The van der Waals surface area contributed by atoms with Crippen LogP contribution in [0.25, 0.3) is 16.9 Å². The molecule has 1 aromatic carbocycles. The number of benzene rings is 1. The summed E-state index contributed by atoms with van der Waals surface area (Å²) in [6.07, 6.45) is 2.53. The molecule has 2 aromatic heterocycles. The van der Waals surface area contributed by atoms with E-state index in [0.717, 1.165) is 29.0 Å². The van der Waals surface area contributed by atoms with E-state index >= 15 is 0 Å². The summed E-state index contributed by atoms with van der Waals surface area (Å²) in [6, 6.07) is 12.1. The summed E-state index contributed by atoms with van der Waals surface area (Å²) < 4.78 is 1.83. The van der Waals surface area contributed by atoms with Crippen molar-refractivity contribution in [2.24, 2.45) is 0 Å². The van der Waals surface area contributed by atoms with Gasteiger partial charge in [0.25, 0.3) is 0 Å². The van der Waals surface area contributed by atoms with E-state index in [9.17, 15) is 0 Å². The standard InChI is InChI=1S/C14H14N4/c1-2-13-11(15)9-16-14-8-12(17-18(13)14)10-6-4-3-5-7-10/h3-9H,2,15H2,1H3. The fraction of sp³-hybridized carbons (Fsp3) is 0.143. The Kier molecular flexibility index (Phi) is 2.48. The zero-order chi connectivity index (χ0) is 12.5. The van der Waals surface area contributed by atoms with Gasteiger partial charge in [-0.25, -0.2) is 9.50 Å². The maximum Gasteiger partial charge on any atom is 0.156 e. The van der Waals surface area contributed by atoms with Crippen LogP contribution < -0.4 is 5.73 Å². The van der Waals surface area contributed by atoms with Crippen molar-refractivity contribution in [2.45, 2.75) is 13.3 Å². The van der Waals surface area contributed by atoms with Crippen LogP contribution >= 0.6 is 0 Å². The van der Waals surface area contributed by atoms with Gasteiger partial charge < -0.3 is 5.73 Å². The van der Waals surface area contributed by atoms with E-state index in [4.69, 9.17) is 5.73 Å². The van der Waals surface area contributed by atoms with E-state index in [2.05, 4.69) is 17.0 Å². The minimum absolute atomic E-state index is 0.688. The Morgan fingerprint density at radius 1 is 1.22 bits per heavy atom. The normalized spacial score (nSPS) is 10.9. The van der Waals surface area contributed by atoms with E-state index in [0.29, 0.717) is 5.69 Å². The summed E-state index contributed by atoms with van der Waals surface area (Å²) in [5, 5.41) is 4.59. The molecule has 0 fully saturated rings. The van der Waals surface area contributed by atoms with Crippen LogP contribution in [-0.4, -0.2) is 14.6 Å². The highest BCUT2D eigenvalue weighted by molar-refractivity contribution is 5.65. The fourth-order valence-corrected chi connectivity index (χ4v) is 2.10.